The van der Waals surface area contributed by atoms with Crippen molar-refractivity contribution in [3.8, 4) is 0 Å². The Labute approximate surface area is 172 Å². The Bertz CT molecular complexity index is 1080. The van der Waals surface area contributed by atoms with Crippen LogP contribution in [0, 0.1) is 5.92 Å². The molecule has 4 nitrogen and oxygen atoms in total. The number of benzene rings is 2. The largest absolute Gasteiger partial charge is 0.465 e. The van der Waals surface area contributed by atoms with Gasteiger partial charge < -0.3 is 9.30 Å². The second-order valence-corrected chi connectivity index (χ2v) is 8.15. The van der Waals surface area contributed by atoms with Gasteiger partial charge in [0.1, 0.15) is 0 Å². The molecule has 0 amide bonds. The number of Topliss-reactive ketones (excluding diaryl/α,β-unsaturated/α-hetero) is 1. The number of hydrogen-bond donors (Lipinski definition) is 0. The van der Waals surface area contributed by atoms with Crippen molar-refractivity contribution in [3.63, 3.8) is 0 Å². The molecule has 1 heterocycles. The molecule has 0 saturated carbocycles. The number of methoxy groups -OCH3 is 1. The highest BCUT2D eigenvalue weighted by Crippen LogP contribution is 2.38. The summed E-state index contributed by atoms with van der Waals surface area (Å²) < 4.78 is 8.23. The highest BCUT2D eigenvalue weighted by atomic mass is 79.9. The van der Waals surface area contributed by atoms with Crippen LogP contribution in [0.25, 0.3) is 10.9 Å². The summed E-state index contributed by atoms with van der Waals surface area (Å²) in [5.74, 6) is 0.0565. The SMILES string of the molecule is CCC1CC(=O)c2c(n(Cc3ccccc3Br)c3cccc(C(=O)OC)c23)C1. The second kappa shape index (κ2) is 7.55. The van der Waals surface area contributed by atoms with Crippen molar-refractivity contribution in [1.29, 1.82) is 0 Å². The predicted octanol–water partition coefficient (Wildman–Crippen LogP) is 5.39. The molecule has 1 unspecified atom stereocenters. The van der Waals surface area contributed by atoms with E-state index in [0.717, 1.165) is 39.5 Å². The van der Waals surface area contributed by atoms with Crippen molar-refractivity contribution < 1.29 is 14.3 Å². The van der Waals surface area contributed by atoms with E-state index in [-0.39, 0.29) is 5.78 Å². The number of aromatic nitrogens is 1. The third-order valence-electron chi connectivity index (χ3n) is 5.70. The Hall–Kier alpha value is -2.40. The molecule has 5 heteroatoms. The zero-order chi connectivity index (χ0) is 19.8. The van der Waals surface area contributed by atoms with E-state index in [1.165, 1.54) is 7.11 Å². The first kappa shape index (κ1) is 18.9. The fourth-order valence-corrected chi connectivity index (χ4v) is 4.63. The van der Waals surface area contributed by atoms with Crippen molar-refractivity contribution in [2.45, 2.75) is 32.7 Å². The molecule has 144 valence electrons. The quantitative estimate of drug-likeness (QED) is 0.511. The van der Waals surface area contributed by atoms with Gasteiger partial charge in [-0.2, -0.15) is 0 Å². The standard InChI is InChI=1S/C23H22BrNO3/c1-3-14-11-19-22(20(26)12-14)21-16(23(27)28-2)8-6-10-18(21)25(19)13-15-7-4-5-9-17(15)24/h4-10,14H,3,11-13H2,1-2H3. The van der Waals surface area contributed by atoms with E-state index in [2.05, 4.69) is 33.5 Å². The van der Waals surface area contributed by atoms with Crippen LogP contribution in [0.1, 0.15) is 51.7 Å². The van der Waals surface area contributed by atoms with Crippen LogP contribution in [-0.4, -0.2) is 23.4 Å². The molecule has 1 aliphatic rings. The Kier molecular flexibility index (Phi) is 5.11. The summed E-state index contributed by atoms with van der Waals surface area (Å²) in [6.45, 7) is 2.77. The van der Waals surface area contributed by atoms with E-state index in [4.69, 9.17) is 4.74 Å². The molecule has 0 spiro atoms. The van der Waals surface area contributed by atoms with E-state index in [9.17, 15) is 9.59 Å². The lowest BCUT2D eigenvalue weighted by Crippen LogP contribution is -2.21. The van der Waals surface area contributed by atoms with Crippen LogP contribution in [0.5, 0.6) is 0 Å². The maximum absolute atomic E-state index is 13.1. The van der Waals surface area contributed by atoms with Gasteiger partial charge in [-0.05, 0) is 36.1 Å². The summed E-state index contributed by atoms with van der Waals surface area (Å²) in [6.07, 6.45) is 2.34. The minimum Gasteiger partial charge on any atom is -0.465 e. The molecule has 28 heavy (non-hydrogen) atoms. The van der Waals surface area contributed by atoms with Gasteiger partial charge in [0.05, 0.1) is 18.2 Å². The topological polar surface area (TPSA) is 48.3 Å². The average molecular weight is 440 g/mol. The number of carbonyl (C=O) groups is 2. The number of carbonyl (C=O) groups excluding carboxylic acids is 2. The number of hydrogen-bond acceptors (Lipinski definition) is 3. The van der Waals surface area contributed by atoms with Crippen LogP contribution in [0.3, 0.4) is 0 Å². The van der Waals surface area contributed by atoms with Gasteiger partial charge in [0, 0.05) is 34.1 Å². The summed E-state index contributed by atoms with van der Waals surface area (Å²) in [6, 6.07) is 13.7. The molecular weight excluding hydrogens is 418 g/mol. The molecule has 0 aliphatic heterocycles. The van der Waals surface area contributed by atoms with Crippen LogP contribution in [0.4, 0.5) is 0 Å². The Morgan fingerprint density at radius 3 is 2.68 bits per heavy atom. The number of ketones is 1. The van der Waals surface area contributed by atoms with Crippen molar-refractivity contribution in [2.75, 3.05) is 7.11 Å². The van der Waals surface area contributed by atoms with Gasteiger partial charge >= 0.3 is 5.97 Å². The molecular formula is C23H22BrNO3. The lowest BCUT2D eigenvalue weighted by atomic mass is 9.84. The Morgan fingerprint density at radius 2 is 1.96 bits per heavy atom. The van der Waals surface area contributed by atoms with Crippen molar-refractivity contribution in [3.05, 3.63) is 69.3 Å². The number of nitrogens with zero attached hydrogens (tertiary/aromatic N) is 1. The third kappa shape index (κ3) is 3.08. The van der Waals surface area contributed by atoms with Gasteiger partial charge in [0.15, 0.2) is 5.78 Å². The van der Waals surface area contributed by atoms with Crippen LogP contribution in [0.15, 0.2) is 46.9 Å². The van der Waals surface area contributed by atoms with Gasteiger partial charge in [0.25, 0.3) is 0 Å². The number of ether oxygens (including phenoxy) is 1. The number of halogens is 1. The van der Waals surface area contributed by atoms with Crippen LogP contribution < -0.4 is 0 Å². The second-order valence-electron chi connectivity index (χ2n) is 7.30. The lowest BCUT2D eigenvalue weighted by molar-refractivity contribution is 0.0603. The monoisotopic (exact) mass is 439 g/mol. The summed E-state index contributed by atoms with van der Waals surface area (Å²) >= 11 is 3.63. The zero-order valence-electron chi connectivity index (χ0n) is 16.0. The molecule has 0 bridgehead atoms. The van der Waals surface area contributed by atoms with Gasteiger partial charge in [-0.1, -0.05) is 53.5 Å². The summed E-state index contributed by atoms with van der Waals surface area (Å²) in [4.78, 5) is 25.5. The minimum absolute atomic E-state index is 0.125. The normalized spacial score (nSPS) is 16.2. The van der Waals surface area contributed by atoms with Gasteiger partial charge in [-0.3, -0.25) is 4.79 Å². The minimum atomic E-state index is -0.406. The van der Waals surface area contributed by atoms with E-state index in [1.807, 2.05) is 30.3 Å². The fourth-order valence-electron chi connectivity index (χ4n) is 4.22. The summed E-state index contributed by atoms with van der Waals surface area (Å²) in [5, 5.41) is 0.732. The molecule has 0 fully saturated rings. The van der Waals surface area contributed by atoms with Crippen LogP contribution in [0.2, 0.25) is 0 Å². The maximum Gasteiger partial charge on any atom is 0.338 e. The molecule has 1 atom stereocenters. The zero-order valence-corrected chi connectivity index (χ0v) is 17.6. The summed E-state index contributed by atoms with van der Waals surface area (Å²) in [5.41, 5.74) is 4.24. The van der Waals surface area contributed by atoms with Crippen LogP contribution >= 0.6 is 15.9 Å². The van der Waals surface area contributed by atoms with Crippen LogP contribution in [-0.2, 0) is 17.7 Å². The smallest absolute Gasteiger partial charge is 0.338 e. The Morgan fingerprint density at radius 1 is 1.18 bits per heavy atom. The van der Waals surface area contributed by atoms with Crippen molar-refractivity contribution >= 4 is 38.6 Å². The van der Waals surface area contributed by atoms with Gasteiger partial charge in [-0.15, -0.1) is 0 Å². The fraction of sp³-hybridized carbons (Fsp3) is 0.304. The molecule has 1 aromatic heterocycles. The predicted molar refractivity (Wildman–Crippen MR) is 113 cm³/mol. The molecule has 1 aliphatic carbocycles. The lowest BCUT2D eigenvalue weighted by Gasteiger charge is -2.22. The van der Waals surface area contributed by atoms with E-state index in [0.29, 0.717) is 30.0 Å². The van der Waals surface area contributed by atoms with E-state index in [1.54, 1.807) is 6.07 Å². The molecule has 0 saturated heterocycles. The number of rotatable bonds is 4. The molecule has 2 aromatic carbocycles. The third-order valence-corrected chi connectivity index (χ3v) is 6.48. The first-order chi connectivity index (χ1) is 13.5. The van der Waals surface area contributed by atoms with Gasteiger partial charge in [0.2, 0.25) is 0 Å². The first-order valence-corrected chi connectivity index (χ1v) is 10.3. The average Bonchev–Trinajstić information content (AvgIpc) is 3.03. The molecule has 4 rings (SSSR count). The van der Waals surface area contributed by atoms with E-state index < -0.39 is 5.97 Å². The van der Waals surface area contributed by atoms with E-state index >= 15 is 0 Å². The summed E-state index contributed by atoms with van der Waals surface area (Å²) in [7, 11) is 1.38. The molecule has 0 radical (unpaired) electrons. The Balaban J connectivity index is 2.00. The first-order valence-electron chi connectivity index (χ1n) is 9.54. The maximum atomic E-state index is 13.1. The number of fused-ring (bicyclic) bond motifs is 3. The van der Waals surface area contributed by atoms with Crippen molar-refractivity contribution in [2.24, 2.45) is 5.92 Å². The number of esters is 1. The highest BCUT2D eigenvalue weighted by molar-refractivity contribution is 9.10. The highest BCUT2D eigenvalue weighted by Gasteiger charge is 2.32. The van der Waals surface area contributed by atoms with Gasteiger partial charge in [-0.25, -0.2) is 4.79 Å². The molecule has 0 N–H and O–H groups in total. The van der Waals surface area contributed by atoms with Crippen molar-refractivity contribution in [1.82, 2.24) is 4.57 Å². The molecule has 3 aromatic rings.